The van der Waals surface area contributed by atoms with Crippen LogP contribution in [0.3, 0.4) is 0 Å². The first-order valence-corrected chi connectivity index (χ1v) is 8.23. The fourth-order valence-electron chi connectivity index (χ4n) is 2.53. The molecule has 1 N–H and O–H groups in total. The number of thiophene rings is 1. The molecule has 3 heterocycles. The van der Waals surface area contributed by atoms with Gasteiger partial charge in [0.2, 0.25) is 0 Å². The summed E-state index contributed by atoms with van der Waals surface area (Å²) in [4.78, 5) is 11.0. The van der Waals surface area contributed by atoms with Crippen molar-refractivity contribution in [1.82, 2.24) is 9.97 Å². The quantitative estimate of drug-likeness (QED) is 0.566. The van der Waals surface area contributed by atoms with Gasteiger partial charge in [-0.2, -0.15) is 0 Å². The van der Waals surface area contributed by atoms with E-state index in [-0.39, 0.29) is 6.04 Å². The number of hydrogen-bond donors (Lipinski definition) is 1. The molecule has 0 saturated carbocycles. The minimum absolute atomic E-state index is 0.0446. The van der Waals surface area contributed by atoms with Crippen LogP contribution in [-0.4, -0.2) is 9.97 Å². The van der Waals surface area contributed by atoms with Crippen LogP contribution >= 0.6 is 11.3 Å². The van der Waals surface area contributed by atoms with Crippen molar-refractivity contribution in [2.24, 2.45) is 0 Å². The van der Waals surface area contributed by atoms with Crippen LogP contribution < -0.4 is 5.32 Å². The molecule has 0 amide bonds. The topological polar surface area (TPSA) is 51.0 Å². The van der Waals surface area contributed by atoms with Crippen molar-refractivity contribution in [3.05, 3.63) is 66.9 Å². The molecule has 23 heavy (non-hydrogen) atoms. The highest BCUT2D eigenvalue weighted by Crippen LogP contribution is 2.35. The molecule has 4 rings (SSSR count). The normalized spacial score (nSPS) is 12.4. The second kappa shape index (κ2) is 5.85. The van der Waals surface area contributed by atoms with Gasteiger partial charge in [0.1, 0.15) is 22.7 Å². The Kier molecular flexibility index (Phi) is 3.55. The Morgan fingerprint density at radius 3 is 2.74 bits per heavy atom. The van der Waals surface area contributed by atoms with E-state index in [1.165, 1.54) is 10.4 Å². The zero-order valence-electron chi connectivity index (χ0n) is 12.6. The predicted molar refractivity (Wildman–Crippen MR) is 93.6 cm³/mol. The standard InChI is InChI=1S/C18H15N3OS/c1-12(15-8-5-9-22-15)21-17-14-10-16(13-6-3-2-4-7-13)23-18(14)20-11-19-17/h2-12H,1H3,(H,19,20,21). The molecule has 0 fully saturated rings. The molecule has 3 aromatic heterocycles. The van der Waals surface area contributed by atoms with Crippen LogP contribution in [-0.2, 0) is 0 Å². The van der Waals surface area contributed by atoms with Gasteiger partial charge in [-0.3, -0.25) is 0 Å². The van der Waals surface area contributed by atoms with Gasteiger partial charge in [0.15, 0.2) is 0 Å². The van der Waals surface area contributed by atoms with Crippen LogP contribution in [0, 0.1) is 0 Å². The van der Waals surface area contributed by atoms with Gasteiger partial charge in [-0.15, -0.1) is 11.3 Å². The molecule has 0 saturated heterocycles. The summed E-state index contributed by atoms with van der Waals surface area (Å²) < 4.78 is 5.45. The highest BCUT2D eigenvalue weighted by atomic mass is 32.1. The van der Waals surface area contributed by atoms with E-state index in [0.29, 0.717) is 0 Å². The van der Waals surface area contributed by atoms with Crippen molar-refractivity contribution in [3.8, 4) is 10.4 Å². The first kappa shape index (κ1) is 14.0. The Bertz CT molecular complexity index is 916. The van der Waals surface area contributed by atoms with E-state index in [9.17, 15) is 0 Å². The Balaban J connectivity index is 1.72. The lowest BCUT2D eigenvalue weighted by Gasteiger charge is -2.12. The monoisotopic (exact) mass is 321 g/mol. The minimum atomic E-state index is 0.0446. The van der Waals surface area contributed by atoms with Gasteiger partial charge >= 0.3 is 0 Å². The molecule has 0 radical (unpaired) electrons. The first-order valence-electron chi connectivity index (χ1n) is 7.41. The maximum Gasteiger partial charge on any atom is 0.138 e. The minimum Gasteiger partial charge on any atom is -0.467 e. The van der Waals surface area contributed by atoms with Crippen LogP contribution in [0.2, 0.25) is 0 Å². The third kappa shape index (κ3) is 2.71. The van der Waals surface area contributed by atoms with Crippen LogP contribution in [0.4, 0.5) is 5.82 Å². The summed E-state index contributed by atoms with van der Waals surface area (Å²) >= 11 is 1.67. The van der Waals surface area contributed by atoms with Crippen molar-refractivity contribution >= 4 is 27.4 Å². The fraction of sp³-hybridized carbons (Fsp3) is 0.111. The molecule has 0 aliphatic heterocycles. The third-order valence-corrected chi connectivity index (χ3v) is 4.80. The van der Waals surface area contributed by atoms with Crippen molar-refractivity contribution < 1.29 is 4.42 Å². The molecule has 5 heteroatoms. The summed E-state index contributed by atoms with van der Waals surface area (Å²) in [5.41, 5.74) is 1.19. The average Bonchev–Trinajstić information content (AvgIpc) is 3.26. The van der Waals surface area contributed by atoms with E-state index >= 15 is 0 Å². The Morgan fingerprint density at radius 2 is 1.96 bits per heavy atom. The number of nitrogens with zero attached hydrogens (tertiary/aromatic N) is 2. The number of aromatic nitrogens is 2. The Morgan fingerprint density at radius 1 is 1.09 bits per heavy atom. The maximum atomic E-state index is 5.45. The van der Waals surface area contributed by atoms with E-state index < -0.39 is 0 Å². The number of furan rings is 1. The number of benzene rings is 1. The maximum absolute atomic E-state index is 5.45. The van der Waals surface area contributed by atoms with Gasteiger partial charge in [0, 0.05) is 4.88 Å². The molecule has 1 aromatic carbocycles. The van der Waals surface area contributed by atoms with Gasteiger partial charge < -0.3 is 9.73 Å². The van der Waals surface area contributed by atoms with Crippen LogP contribution in [0.5, 0.6) is 0 Å². The lowest BCUT2D eigenvalue weighted by atomic mass is 10.2. The molecule has 1 unspecified atom stereocenters. The Labute approximate surface area is 137 Å². The zero-order chi connectivity index (χ0) is 15.6. The number of hydrogen-bond acceptors (Lipinski definition) is 5. The van der Waals surface area contributed by atoms with Gasteiger partial charge in [0.05, 0.1) is 17.7 Å². The molecule has 4 nitrogen and oxygen atoms in total. The molecular weight excluding hydrogens is 306 g/mol. The Hall–Kier alpha value is -2.66. The predicted octanol–water partition coefficient (Wildman–Crippen LogP) is 5.12. The summed E-state index contributed by atoms with van der Waals surface area (Å²) in [6, 6.07) is 16.4. The van der Waals surface area contributed by atoms with Crippen molar-refractivity contribution in [2.45, 2.75) is 13.0 Å². The molecule has 4 aromatic rings. The van der Waals surface area contributed by atoms with Gasteiger partial charge in [0.25, 0.3) is 0 Å². The molecular formula is C18H15N3OS. The largest absolute Gasteiger partial charge is 0.467 e. The highest BCUT2D eigenvalue weighted by molar-refractivity contribution is 7.21. The molecule has 0 aliphatic carbocycles. The van der Waals surface area contributed by atoms with E-state index in [2.05, 4.69) is 40.4 Å². The van der Waals surface area contributed by atoms with Gasteiger partial charge in [-0.05, 0) is 30.7 Å². The molecule has 1 atom stereocenters. The second-order valence-corrected chi connectivity index (χ2v) is 6.33. The summed E-state index contributed by atoms with van der Waals surface area (Å²) in [6.45, 7) is 2.05. The number of anilines is 1. The zero-order valence-corrected chi connectivity index (χ0v) is 13.4. The molecule has 0 bridgehead atoms. The fourth-order valence-corrected chi connectivity index (χ4v) is 3.53. The van der Waals surface area contributed by atoms with E-state index in [1.807, 2.05) is 30.3 Å². The summed E-state index contributed by atoms with van der Waals surface area (Å²) in [5.74, 6) is 1.72. The van der Waals surface area contributed by atoms with Gasteiger partial charge in [-0.1, -0.05) is 30.3 Å². The lowest BCUT2D eigenvalue weighted by Crippen LogP contribution is -2.07. The first-order chi connectivity index (χ1) is 11.3. The summed E-state index contributed by atoms with van der Waals surface area (Å²) in [7, 11) is 0. The van der Waals surface area contributed by atoms with Crippen LogP contribution in [0.15, 0.2) is 65.5 Å². The third-order valence-electron chi connectivity index (χ3n) is 3.71. The van der Waals surface area contributed by atoms with E-state index in [0.717, 1.165) is 21.8 Å². The average molecular weight is 321 g/mol. The molecule has 114 valence electrons. The van der Waals surface area contributed by atoms with Crippen molar-refractivity contribution in [2.75, 3.05) is 5.32 Å². The van der Waals surface area contributed by atoms with E-state index in [1.54, 1.807) is 23.9 Å². The van der Waals surface area contributed by atoms with Crippen molar-refractivity contribution in [1.29, 1.82) is 0 Å². The number of fused-ring (bicyclic) bond motifs is 1. The summed E-state index contributed by atoms with van der Waals surface area (Å²) in [6.07, 6.45) is 3.28. The summed E-state index contributed by atoms with van der Waals surface area (Å²) in [5, 5.41) is 4.45. The lowest BCUT2D eigenvalue weighted by molar-refractivity contribution is 0.490. The smallest absolute Gasteiger partial charge is 0.138 e. The van der Waals surface area contributed by atoms with E-state index in [4.69, 9.17) is 4.42 Å². The second-order valence-electron chi connectivity index (χ2n) is 5.30. The highest BCUT2D eigenvalue weighted by Gasteiger charge is 2.14. The molecule has 0 aliphatic rings. The van der Waals surface area contributed by atoms with Crippen LogP contribution in [0.1, 0.15) is 18.7 Å². The van der Waals surface area contributed by atoms with Gasteiger partial charge in [-0.25, -0.2) is 9.97 Å². The number of nitrogens with one attached hydrogen (secondary N) is 1. The van der Waals surface area contributed by atoms with Crippen molar-refractivity contribution in [3.63, 3.8) is 0 Å². The molecule has 0 spiro atoms. The van der Waals surface area contributed by atoms with Crippen LogP contribution in [0.25, 0.3) is 20.7 Å². The number of rotatable bonds is 4. The SMILES string of the molecule is CC(Nc1ncnc2sc(-c3ccccc3)cc12)c1ccco1.